The Morgan fingerprint density at radius 2 is 2.12 bits per heavy atom. The molecule has 1 N–H and O–H groups in total. The fraction of sp³-hybridized carbons (Fsp3) is 0.417. The number of carbonyl (C=O) groups excluding carboxylic acids is 1. The molecular formula is C12H16O4. The number of aliphatic hydroxyl groups excluding tert-OH is 1. The highest BCUT2D eigenvalue weighted by Crippen LogP contribution is 2.17. The van der Waals surface area contributed by atoms with Crippen LogP contribution in [0.1, 0.15) is 18.9 Å². The molecule has 0 saturated carbocycles. The van der Waals surface area contributed by atoms with Crippen LogP contribution in [0.4, 0.5) is 0 Å². The zero-order chi connectivity index (χ0) is 11.8. The van der Waals surface area contributed by atoms with Crippen molar-refractivity contribution >= 4 is 5.97 Å². The zero-order valence-corrected chi connectivity index (χ0v) is 9.31. The largest absolute Gasteiger partial charge is 0.493 e. The maximum absolute atomic E-state index is 11.0. The highest BCUT2D eigenvalue weighted by molar-refractivity contribution is 5.69. The van der Waals surface area contributed by atoms with E-state index in [0.29, 0.717) is 17.9 Å². The van der Waals surface area contributed by atoms with E-state index in [0.717, 1.165) is 0 Å². The van der Waals surface area contributed by atoms with Gasteiger partial charge in [0.2, 0.25) is 0 Å². The van der Waals surface area contributed by atoms with Gasteiger partial charge in [0, 0.05) is 5.56 Å². The Morgan fingerprint density at radius 3 is 2.81 bits per heavy atom. The maximum atomic E-state index is 11.0. The summed E-state index contributed by atoms with van der Waals surface area (Å²) in [6.45, 7) is 2.33. The number of hydrogen-bond donors (Lipinski definition) is 1. The van der Waals surface area contributed by atoms with Gasteiger partial charge in [-0.1, -0.05) is 18.2 Å². The van der Waals surface area contributed by atoms with Crippen molar-refractivity contribution in [1.29, 1.82) is 0 Å². The van der Waals surface area contributed by atoms with E-state index >= 15 is 0 Å². The zero-order valence-electron chi connectivity index (χ0n) is 9.31. The van der Waals surface area contributed by atoms with Crippen LogP contribution in [-0.4, -0.2) is 24.3 Å². The molecule has 1 aromatic carbocycles. The molecule has 0 aliphatic heterocycles. The number of hydrogen-bond acceptors (Lipinski definition) is 4. The van der Waals surface area contributed by atoms with Crippen molar-refractivity contribution in [3.8, 4) is 5.75 Å². The summed E-state index contributed by atoms with van der Waals surface area (Å²) in [5.74, 6) is 0.332. The van der Waals surface area contributed by atoms with Crippen molar-refractivity contribution in [3.63, 3.8) is 0 Å². The monoisotopic (exact) mass is 224 g/mol. The van der Waals surface area contributed by atoms with Gasteiger partial charge in [0.05, 0.1) is 26.2 Å². The number of esters is 1. The van der Waals surface area contributed by atoms with Crippen LogP contribution in [0.3, 0.4) is 0 Å². The predicted molar refractivity (Wildman–Crippen MR) is 59.1 cm³/mol. The summed E-state index contributed by atoms with van der Waals surface area (Å²) in [5.41, 5.74) is 0.714. The first-order valence-electron chi connectivity index (χ1n) is 5.25. The molecule has 1 rings (SSSR count). The van der Waals surface area contributed by atoms with Gasteiger partial charge in [-0.25, -0.2) is 0 Å². The highest BCUT2D eigenvalue weighted by Gasteiger charge is 2.04. The van der Waals surface area contributed by atoms with E-state index in [2.05, 4.69) is 0 Å². The van der Waals surface area contributed by atoms with Crippen LogP contribution in [0.2, 0.25) is 0 Å². The predicted octanol–water partition coefficient (Wildman–Crippen LogP) is 1.51. The summed E-state index contributed by atoms with van der Waals surface area (Å²) in [4.78, 5) is 11.0. The minimum Gasteiger partial charge on any atom is -0.493 e. The Kier molecular flexibility index (Phi) is 5.36. The lowest BCUT2D eigenvalue weighted by atomic mass is 10.2. The molecule has 88 valence electrons. The third-order valence-corrected chi connectivity index (χ3v) is 2.01. The molecule has 0 bridgehead atoms. The molecule has 0 aliphatic carbocycles. The summed E-state index contributed by atoms with van der Waals surface area (Å²) < 4.78 is 10.2. The number of ether oxygens (including phenoxy) is 2. The van der Waals surface area contributed by atoms with Crippen LogP contribution >= 0.6 is 0 Å². The molecule has 0 atom stereocenters. The molecule has 0 spiro atoms. The fourth-order valence-corrected chi connectivity index (χ4v) is 1.25. The van der Waals surface area contributed by atoms with Crippen LogP contribution in [0.5, 0.6) is 5.75 Å². The lowest BCUT2D eigenvalue weighted by Gasteiger charge is -2.09. The number of para-hydroxylation sites is 1. The van der Waals surface area contributed by atoms with E-state index in [1.165, 1.54) is 0 Å². The first-order chi connectivity index (χ1) is 7.77. The average Bonchev–Trinajstić information content (AvgIpc) is 2.30. The lowest BCUT2D eigenvalue weighted by molar-refractivity contribution is -0.143. The van der Waals surface area contributed by atoms with Crippen molar-refractivity contribution < 1.29 is 19.4 Å². The van der Waals surface area contributed by atoms with Crippen LogP contribution in [0.15, 0.2) is 24.3 Å². The van der Waals surface area contributed by atoms with Gasteiger partial charge in [-0.15, -0.1) is 0 Å². The maximum Gasteiger partial charge on any atom is 0.309 e. The summed E-state index contributed by atoms with van der Waals surface area (Å²) in [5, 5.41) is 9.04. The second kappa shape index (κ2) is 6.85. The molecule has 0 unspecified atom stereocenters. The van der Waals surface area contributed by atoms with Crippen LogP contribution in [-0.2, 0) is 16.1 Å². The third kappa shape index (κ3) is 3.90. The fourth-order valence-electron chi connectivity index (χ4n) is 1.25. The van der Waals surface area contributed by atoms with Gasteiger partial charge in [-0.3, -0.25) is 4.79 Å². The lowest BCUT2D eigenvalue weighted by Crippen LogP contribution is -2.10. The molecule has 0 heterocycles. The number of aliphatic hydroxyl groups is 1. The molecule has 4 nitrogen and oxygen atoms in total. The van der Waals surface area contributed by atoms with E-state index in [1.54, 1.807) is 19.1 Å². The van der Waals surface area contributed by atoms with E-state index in [9.17, 15) is 4.79 Å². The standard InChI is InChI=1S/C12H16O4/c1-2-15-12(14)7-8-16-11-6-4-3-5-10(11)9-13/h3-6,13H,2,7-9H2,1H3. The first kappa shape index (κ1) is 12.5. The number of benzene rings is 1. The van der Waals surface area contributed by atoms with Crippen molar-refractivity contribution in [2.75, 3.05) is 13.2 Å². The molecule has 16 heavy (non-hydrogen) atoms. The van der Waals surface area contributed by atoms with Gasteiger partial charge in [0.1, 0.15) is 5.75 Å². The second-order valence-electron chi connectivity index (χ2n) is 3.17. The summed E-state index contributed by atoms with van der Waals surface area (Å²) in [7, 11) is 0. The van der Waals surface area contributed by atoms with Gasteiger partial charge in [0.25, 0.3) is 0 Å². The SMILES string of the molecule is CCOC(=O)CCOc1ccccc1CO. The quantitative estimate of drug-likeness (QED) is 0.744. The van der Waals surface area contributed by atoms with Crippen LogP contribution in [0, 0.1) is 0 Å². The summed E-state index contributed by atoms with van der Waals surface area (Å²) in [6.07, 6.45) is 0.216. The Labute approximate surface area is 94.8 Å². The topological polar surface area (TPSA) is 55.8 Å². The molecule has 0 aromatic heterocycles. The molecular weight excluding hydrogens is 208 g/mol. The summed E-state index contributed by atoms with van der Waals surface area (Å²) in [6, 6.07) is 7.18. The third-order valence-electron chi connectivity index (χ3n) is 2.01. The van der Waals surface area contributed by atoms with Crippen molar-refractivity contribution in [2.45, 2.75) is 20.0 Å². The molecule has 0 fully saturated rings. The van der Waals surface area contributed by atoms with E-state index in [1.807, 2.05) is 12.1 Å². The van der Waals surface area contributed by atoms with Gasteiger partial charge >= 0.3 is 5.97 Å². The smallest absolute Gasteiger partial charge is 0.309 e. The molecule has 0 amide bonds. The molecule has 4 heteroatoms. The average molecular weight is 224 g/mol. The van der Waals surface area contributed by atoms with E-state index in [4.69, 9.17) is 14.6 Å². The van der Waals surface area contributed by atoms with Crippen molar-refractivity contribution in [1.82, 2.24) is 0 Å². The minimum absolute atomic E-state index is 0.0738. The Bertz CT molecular complexity index is 336. The first-order valence-corrected chi connectivity index (χ1v) is 5.25. The number of rotatable bonds is 6. The molecule has 0 radical (unpaired) electrons. The van der Waals surface area contributed by atoms with Gasteiger partial charge < -0.3 is 14.6 Å². The molecule has 1 aromatic rings. The minimum atomic E-state index is -0.274. The van der Waals surface area contributed by atoms with Crippen LogP contribution in [0.25, 0.3) is 0 Å². The van der Waals surface area contributed by atoms with E-state index < -0.39 is 0 Å². The molecule has 0 saturated heterocycles. The van der Waals surface area contributed by atoms with Crippen LogP contribution < -0.4 is 4.74 Å². The van der Waals surface area contributed by atoms with Gasteiger partial charge in [0.15, 0.2) is 0 Å². The summed E-state index contributed by atoms with van der Waals surface area (Å²) >= 11 is 0. The highest BCUT2D eigenvalue weighted by atomic mass is 16.5. The normalized spacial score (nSPS) is 9.88. The Morgan fingerprint density at radius 1 is 1.38 bits per heavy atom. The second-order valence-corrected chi connectivity index (χ2v) is 3.17. The molecule has 0 aliphatic rings. The Hall–Kier alpha value is -1.55. The van der Waals surface area contributed by atoms with Crippen molar-refractivity contribution in [3.05, 3.63) is 29.8 Å². The van der Waals surface area contributed by atoms with Gasteiger partial charge in [-0.2, -0.15) is 0 Å². The van der Waals surface area contributed by atoms with Crippen molar-refractivity contribution in [2.24, 2.45) is 0 Å². The Balaban J connectivity index is 2.39. The van der Waals surface area contributed by atoms with Gasteiger partial charge in [-0.05, 0) is 13.0 Å². The van der Waals surface area contributed by atoms with E-state index in [-0.39, 0.29) is 25.6 Å². The number of carbonyl (C=O) groups is 1.